The number of thioether (sulfide) groups is 1. The number of hydrogen-bond donors (Lipinski definition) is 0. The lowest BCUT2D eigenvalue weighted by atomic mass is 9.86. The van der Waals surface area contributed by atoms with Crippen molar-refractivity contribution in [2.75, 3.05) is 33.6 Å². The van der Waals surface area contributed by atoms with Gasteiger partial charge >= 0.3 is 0 Å². The highest BCUT2D eigenvalue weighted by Crippen LogP contribution is 2.46. The lowest BCUT2D eigenvalue weighted by Gasteiger charge is -2.27. The number of hydrogen-bond acceptors (Lipinski definition) is 5. The highest BCUT2D eigenvalue weighted by molar-refractivity contribution is 7.99. The second kappa shape index (κ2) is 8.57. The second-order valence-electron chi connectivity index (χ2n) is 8.00. The number of methoxy groups -OCH3 is 3. The van der Waals surface area contributed by atoms with Gasteiger partial charge < -0.3 is 19.1 Å². The summed E-state index contributed by atoms with van der Waals surface area (Å²) in [6, 6.07) is 11.7. The average Bonchev–Trinajstić information content (AvgIpc) is 3.21. The third-order valence-corrected chi connectivity index (χ3v) is 6.39. The van der Waals surface area contributed by atoms with Crippen molar-refractivity contribution in [2.45, 2.75) is 31.6 Å². The number of amides is 1. The molecule has 1 aliphatic heterocycles. The van der Waals surface area contributed by atoms with E-state index in [2.05, 4.69) is 20.8 Å². The maximum absolute atomic E-state index is 13.3. The molecule has 0 bridgehead atoms. The van der Waals surface area contributed by atoms with Crippen molar-refractivity contribution >= 4 is 17.7 Å². The Kier molecular flexibility index (Phi) is 6.32. The number of ether oxygens (including phenoxy) is 3. The van der Waals surface area contributed by atoms with Crippen molar-refractivity contribution in [2.24, 2.45) is 0 Å². The van der Waals surface area contributed by atoms with E-state index in [1.54, 1.807) is 33.1 Å². The Hall–Kier alpha value is -2.34. The van der Waals surface area contributed by atoms with E-state index < -0.39 is 0 Å². The van der Waals surface area contributed by atoms with E-state index in [-0.39, 0.29) is 16.7 Å². The largest absolute Gasteiger partial charge is 0.496 e. The monoisotopic (exact) mass is 415 g/mol. The van der Waals surface area contributed by atoms with Crippen LogP contribution in [-0.2, 0) is 5.41 Å². The molecule has 0 N–H and O–H groups in total. The fraction of sp³-hybridized carbons (Fsp3) is 0.435. The summed E-state index contributed by atoms with van der Waals surface area (Å²) >= 11 is 1.72. The first kappa shape index (κ1) is 21.4. The molecule has 1 unspecified atom stereocenters. The van der Waals surface area contributed by atoms with Crippen LogP contribution in [0.15, 0.2) is 36.4 Å². The standard InChI is InChI=1S/C23H29NO4S/c1-23(2,3)16-9-7-15(8-10-16)21(25)24-11-12-29-22(24)17-13-19(27-5)20(28-6)14-18(17)26-4/h7-10,13-14,22H,11-12H2,1-6H3. The minimum Gasteiger partial charge on any atom is -0.496 e. The second-order valence-corrected chi connectivity index (χ2v) is 9.19. The first-order valence-corrected chi connectivity index (χ1v) is 10.7. The number of carbonyl (C=O) groups is 1. The summed E-state index contributed by atoms with van der Waals surface area (Å²) < 4.78 is 16.5. The van der Waals surface area contributed by atoms with Gasteiger partial charge in [-0.25, -0.2) is 0 Å². The minimum atomic E-state index is -0.139. The van der Waals surface area contributed by atoms with Crippen molar-refractivity contribution in [3.63, 3.8) is 0 Å². The Labute approximate surface area is 177 Å². The molecule has 1 fully saturated rings. The quantitative estimate of drug-likeness (QED) is 0.695. The molecule has 0 aliphatic carbocycles. The van der Waals surface area contributed by atoms with Crippen LogP contribution in [0.25, 0.3) is 0 Å². The molecule has 5 nitrogen and oxygen atoms in total. The summed E-state index contributed by atoms with van der Waals surface area (Å²) in [7, 11) is 4.83. The zero-order valence-corrected chi connectivity index (χ0v) is 18.8. The molecule has 1 atom stereocenters. The molecule has 1 aliphatic rings. The molecule has 0 saturated carbocycles. The third-order valence-electron chi connectivity index (χ3n) is 5.15. The van der Waals surface area contributed by atoms with Crippen LogP contribution in [-0.4, -0.2) is 44.4 Å². The van der Waals surface area contributed by atoms with Crippen molar-refractivity contribution < 1.29 is 19.0 Å². The Balaban J connectivity index is 1.93. The molecule has 1 saturated heterocycles. The van der Waals surface area contributed by atoms with Gasteiger partial charge in [0.2, 0.25) is 0 Å². The first-order valence-electron chi connectivity index (χ1n) is 9.63. The molecule has 0 aromatic heterocycles. The van der Waals surface area contributed by atoms with Gasteiger partial charge in [-0.05, 0) is 29.2 Å². The van der Waals surface area contributed by atoms with Gasteiger partial charge in [0.05, 0.1) is 21.3 Å². The van der Waals surface area contributed by atoms with E-state index in [1.807, 2.05) is 41.3 Å². The summed E-state index contributed by atoms with van der Waals surface area (Å²) in [5, 5.41) is -0.139. The normalized spacial score (nSPS) is 16.6. The molecule has 29 heavy (non-hydrogen) atoms. The predicted molar refractivity (Wildman–Crippen MR) is 117 cm³/mol. The van der Waals surface area contributed by atoms with Crippen molar-refractivity contribution in [3.8, 4) is 17.2 Å². The minimum absolute atomic E-state index is 0.0253. The predicted octanol–water partition coefficient (Wildman–Crippen LogP) is 4.90. The van der Waals surface area contributed by atoms with Crippen LogP contribution in [0.2, 0.25) is 0 Å². The van der Waals surface area contributed by atoms with Gasteiger partial charge in [0, 0.05) is 29.5 Å². The van der Waals surface area contributed by atoms with Gasteiger partial charge in [-0.3, -0.25) is 4.79 Å². The number of carbonyl (C=O) groups excluding carboxylic acids is 1. The topological polar surface area (TPSA) is 48.0 Å². The number of nitrogens with zero attached hydrogens (tertiary/aromatic N) is 1. The van der Waals surface area contributed by atoms with Gasteiger partial charge in [-0.1, -0.05) is 32.9 Å². The Bertz CT molecular complexity index is 874. The summed E-state index contributed by atoms with van der Waals surface area (Å²) in [6.45, 7) is 7.19. The maximum Gasteiger partial charge on any atom is 0.255 e. The van der Waals surface area contributed by atoms with Crippen LogP contribution < -0.4 is 14.2 Å². The fourth-order valence-electron chi connectivity index (χ4n) is 3.46. The van der Waals surface area contributed by atoms with Crippen LogP contribution in [0, 0.1) is 0 Å². The first-order chi connectivity index (χ1) is 13.8. The molecule has 0 radical (unpaired) electrons. The summed E-state index contributed by atoms with van der Waals surface area (Å²) in [5.74, 6) is 2.80. The Morgan fingerprint density at radius 2 is 1.55 bits per heavy atom. The maximum atomic E-state index is 13.3. The van der Waals surface area contributed by atoms with E-state index in [9.17, 15) is 4.79 Å². The SMILES string of the molecule is COc1cc(OC)c(C2SCCN2C(=O)c2ccc(C(C)(C)C)cc2)cc1OC. The lowest BCUT2D eigenvalue weighted by Crippen LogP contribution is -2.30. The van der Waals surface area contributed by atoms with E-state index >= 15 is 0 Å². The van der Waals surface area contributed by atoms with E-state index in [1.165, 1.54) is 5.56 Å². The number of benzene rings is 2. The molecule has 0 spiro atoms. The van der Waals surface area contributed by atoms with Crippen molar-refractivity contribution in [1.82, 2.24) is 4.90 Å². The molecule has 2 aromatic carbocycles. The fourth-order valence-corrected chi connectivity index (χ4v) is 4.73. The summed E-state index contributed by atoms with van der Waals surface area (Å²) in [5.41, 5.74) is 2.88. The molecular formula is C23H29NO4S. The van der Waals surface area contributed by atoms with Crippen LogP contribution in [0.1, 0.15) is 47.6 Å². The van der Waals surface area contributed by atoms with Gasteiger partial charge in [0.15, 0.2) is 11.5 Å². The zero-order chi connectivity index (χ0) is 21.2. The van der Waals surface area contributed by atoms with E-state index in [0.717, 1.165) is 11.3 Å². The molecule has 6 heteroatoms. The zero-order valence-electron chi connectivity index (χ0n) is 17.9. The van der Waals surface area contributed by atoms with E-state index in [4.69, 9.17) is 14.2 Å². The highest BCUT2D eigenvalue weighted by atomic mass is 32.2. The molecule has 1 heterocycles. The third kappa shape index (κ3) is 4.32. The van der Waals surface area contributed by atoms with Gasteiger partial charge in [0.25, 0.3) is 5.91 Å². The lowest BCUT2D eigenvalue weighted by molar-refractivity contribution is 0.0759. The van der Waals surface area contributed by atoms with Crippen LogP contribution >= 0.6 is 11.8 Å². The Morgan fingerprint density at radius 1 is 0.966 bits per heavy atom. The Morgan fingerprint density at radius 3 is 2.10 bits per heavy atom. The smallest absolute Gasteiger partial charge is 0.255 e. The summed E-state index contributed by atoms with van der Waals surface area (Å²) in [4.78, 5) is 15.2. The van der Waals surface area contributed by atoms with Crippen LogP contribution in [0.4, 0.5) is 0 Å². The molecular weight excluding hydrogens is 386 g/mol. The molecule has 156 valence electrons. The molecule has 3 rings (SSSR count). The highest BCUT2D eigenvalue weighted by Gasteiger charge is 2.34. The molecule has 2 aromatic rings. The van der Waals surface area contributed by atoms with E-state index in [0.29, 0.717) is 29.4 Å². The van der Waals surface area contributed by atoms with Crippen molar-refractivity contribution in [3.05, 3.63) is 53.1 Å². The number of rotatable bonds is 5. The average molecular weight is 416 g/mol. The van der Waals surface area contributed by atoms with Crippen LogP contribution in [0.5, 0.6) is 17.2 Å². The van der Waals surface area contributed by atoms with Gasteiger partial charge in [0.1, 0.15) is 11.1 Å². The summed E-state index contributed by atoms with van der Waals surface area (Å²) in [6.07, 6.45) is 0. The molecule has 1 amide bonds. The van der Waals surface area contributed by atoms with Crippen LogP contribution in [0.3, 0.4) is 0 Å². The van der Waals surface area contributed by atoms with Gasteiger partial charge in [-0.15, -0.1) is 11.8 Å². The van der Waals surface area contributed by atoms with Gasteiger partial charge in [-0.2, -0.15) is 0 Å². The van der Waals surface area contributed by atoms with Crippen molar-refractivity contribution in [1.29, 1.82) is 0 Å².